The molecule has 0 aliphatic carbocycles. The van der Waals surface area contributed by atoms with Gasteiger partial charge in [0.2, 0.25) is 0 Å². The van der Waals surface area contributed by atoms with Crippen LogP contribution in [-0.4, -0.2) is 43.9 Å². The Morgan fingerprint density at radius 1 is 0.875 bits per heavy atom. The van der Waals surface area contributed by atoms with Crippen LogP contribution in [0.1, 0.15) is 48.2 Å². The summed E-state index contributed by atoms with van der Waals surface area (Å²) in [6.07, 6.45) is -0.916. The highest BCUT2D eigenvalue weighted by Gasteiger charge is 2.35. The van der Waals surface area contributed by atoms with Gasteiger partial charge in [0.05, 0.1) is 19.8 Å². The van der Waals surface area contributed by atoms with Crippen LogP contribution in [0.4, 0.5) is 13.6 Å². The molecule has 0 bridgehead atoms. The van der Waals surface area contributed by atoms with Gasteiger partial charge in [-0.05, 0) is 56.2 Å². The average molecular weight is 449 g/mol. The minimum Gasteiger partial charge on any atom is -0.467 e. The number of carbonyl (C=O) groups excluding carboxylic acids is 3. The number of hydrogen-bond acceptors (Lipinski definition) is 6. The molecule has 0 spiro atoms. The molecule has 172 valence electrons. The van der Waals surface area contributed by atoms with E-state index in [-0.39, 0.29) is 11.1 Å². The van der Waals surface area contributed by atoms with Crippen LogP contribution < -0.4 is 5.32 Å². The van der Waals surface area contributed by atoms with Gasteiger partial charge in [-0.1, -0.05) is 12.1 Å². The third-order valence-corrected chi connectivity index (χ3v) is 4.40. The Bertz CT molecular complexity index is 965. The number of nitrogens with one attached hydrogen (secondary N) is 1. The first kappa shape index (κ1) is 24.8. The maximum Gasteiger partial charge on any atom is 0.408 e. The van der Waals surface area contributed by atoms with Crippen molar-refractivity contribution < 1.29 is 37.4 Å². The second-order valence-electron chi connectivity index (χ2n) is 7.94. The molecule has 0 aromatic heterocycles. The van der Waals surface area contributed by atoms with E-state index in [1.807, 2.05) is 0 Å². The largest absolute Gasteiger partial charge is 0.467 e. The number of methoxy groups -OCH3 is 2. The van der Waals surface area contributed by atoms with E-state index < -0.39 is 47.2 Å². The van der Waals surface area contributed by atoms with Gasteiger partial charge >= 0.3 is 18.0 Å². The molecule has 0 unspecified atom stereocenters. The SMILES string of the molecule is COC(=O)c1ccc([C@H](c2cc(F)cc(F)c2)[C@H](NC(=O)OC(C)(C)C)C(=O)OC)cc1. The smallest absolute Gasteiger partial charge is 0.408 e. The van der Waals surface area contributed by atoms with Gasteiger partial charge in [0.1, 0.15) is 23.3 Å². The van der Waals surface area contributed by atoms with Crippen LogP contribution in [0.2, 0.25) is 0 Å². The second kappa shape index (κ2) is 10.2. The Kier molecular flexibility index (Phi) is 7.91. The van der Waals surface area contributed by atoms with Crippen LogP contribution >= 0.6 is 0 Å². The molecule has 0 aliphatic rings. The van der Waals surface area contributed by atoms with Gasteiger partial charge < -0.3 is 19.5 Å². The van der Waals surface area contributed by atoms with Gasteiger partial charge in [-0.15, -0.1) is 0 Å². The molecule has 2 aromatic carbocycles. The number of hydrogen-bond donors (Lipinski definition) is 1. The molecule has 2 aromatic rings. The molecule has 2 atom stereocenters. The molecule has 0 saturated heterocycles. The van der Waals surface area contributed by atoms with Crippen molar-refractivity contribution in [3.8, 4) is 0 Å². The Labute approximate surface area is 184 Å². The molecule has 1 amide bonds. The fourth-order valence-corrected chi connectivity index (χ4v) is 3.12. The molecule has 1 N–H and O–H groups in total. The van der Waals surface area contributed by atoms with Crippen molar-refractivity contribution in [2.75, 3.05) is 14.2 Å². The van der Waals surface area contributed by atoms with Crippen LogP contribution in [0, 0.1) is 11.6 Å². The lowest BCUT2D eigenvalue weighted by Crippen LogP contribution is -2.47. The molecule has 0 fully saturated rings. The Morgan fingerprint density at radius 3 is 1.91 bits per heavy atom. The summed E-state index contributed by atoms with van der Waals surface area (Å²) in [5.74, 6) is -4.23. The highest BCUT2D eigenvalue weighted by Crippen LogP contribution is 2.31. The van der Waals surface area contributed by atoms with E-state index in [1.54, 1.807) is 20.8 Å². The van der Waals surface area contributed by atoms with E-state index in [1.165, 1.54) is 31.4 Å². The van der Waals surface area contributed by atoms with Crippen LogP contribution in [0.15, 0.2) is 42.5 Å². The second-order valence-corrected chi connectivity index (χ2v) is 7.94. The van der Waals surface area contributed by atoms with Crippen LogP contribution in [0.25, 0.3) is 0 Å². The van der Waals surface area contributed by atoms with Crippen molar-refractivity contribution in [2.45, 2.75) is 38.3 Å². The zero-order chi connectivity index (χ0) is 24.1. The van der Waals surface area contributed by atoms with Gasteiger partial charge in [0.25, 0.3) is 0 Å². The summed E-state index contributed by atoms with van der Waals surface area (Å²) in [4.78, 5) is 36.8. The minimum absolute atomic E-state index is 0.0692. The molecule has 0 saturated carbocycles. The Hall–Kier alpha value is -3.49. The number of ether oxygens (including phenoxy) is 3. The van der Waals surface area contributed by atoms with Crippen molar-refractivity contribution in [1.82, 2.24) is 5.32 Å². The van der Waals surface area contributed by atoms with E-state index in [2.05, 4.69) is 10.1 Å². The van der Waals surface area contributed by atoms with Gasteiger partial charge in [0, 0.05) is 12.0 Å². The van der Waals surface area contributed by atoms with Gasteiger partial charge in [-0.3, -0.25) is 0 Å². The monoisotopic (exact) mass is 449 g/mol. The summed E-state index contributed by atoms with van der Waals surface area (Å²) in [5, 5.41) is 2.44. The summed E-state index contributed by atoms with van der Waals surface area (Å²) < 4.78 is 42.8. The van der Waals surface area contributed by atoms with Crippen molar-refractivity contribution in [2.24, 2.45) is 0 Å². The Morgan fingerprint density at radius 2 is 1.44 bits per heavy atom. The van der Waals surface area contributed by atoms with Crippen LogP contribution in [0.3, 0.4) is 0 Å². The number of alkyl carbamates (subject to hydrolysis) is 1. The first-order valence-corrected chi connectivity index (χ1v) is 9.66. The van der Waals surface area contributed by atoms with Crippen molar-refractivity contribution in [3.63, 3.8) is 0 Å². The molecule has 32 heavy (non-hydrogen) atoms. The third kappa shape index (κ3) is 6.50. The molecule has 9 heteroatoms. The van der Waals surface area contributed by atoms with E-state index in [4.69, 9.17) is 9.47 Å². The summed E-state index contributed by atoms with van der Waals surface area (Å²) in [5.41, 5.74) is -0.170. The topological polar surface area (TPSA) is 90.9 Å². The molecular formula is C23H25F2NO6. The van der Waals surface area contributed by atoms with E-state index in [9.17, 15) is 23.2 Å². The fraction of sp³-hybridized carbons (Fsp3) is 0.348. The molecular weight excluding hydrogens is 424 g/mol. The summed E-state index contributed by atoms with van der Waals surface area (Å²) in [6.45, 7) is 4.93. The minimum atomic E-state index is -1.39. The molecule has 0 aliphatic heterocycles. The summed E-state index contributed by atoms with van der Waals surface area (Å²) >= 11 is 0. The maximum atomic E-state index is 14.0. The lowest BCUT2D eigenvalue weighted by atomic mass is 9.84. The number of esters is 2. The van der Waals surface area contributed by atoms with E-state index in [0.29, 0.717) is 11.6 Å². The molecule has 0 heterocycles. The molecule has 7 nitrogen and oxygen atoms in total. The highest BCUT2D eigenvalue weighted by molar-refractivity contribution is 5.89. The van der Waals surface area contributed by atoms with Crippen LogP contribution in [-0.2, 0) is 19.0 Å². The number of amides is 1. The third-order valence-electron chi connectivity index (χ3n) is 4.40. The predicted octanol–water partition coefficient (Wildman–Crippen LogP) is 3.95. The fourth-order valence-electron chi connectivity index (χ4n) is 3.12. The first-order chi connectivity index (χ1) is 14.9. The summed E-state index contributed by atoms with van der Waals surface area (Å²) in [7, 11) is 2.35. The van der Waals surface area contributed by atoms with Gasteiger partial charge in [-0.25, -0.2) is 23.2 Å². The number of benzene rings is 2. The molecule has 2 rings (SSSR count). The van der Waals surface area contributed by atoms with E-state index in [0.717, 1.165) is 19.2 Å². The number of carbonyl (C=O) groups is 3. The zero-order valence-electron chi connectivity index (χ0n) is 18.4. The predicted molar refractivity (Wildman–Crippen MR) is 111 cm³/mol. The lowest BCUT2D eigenvalue weighted by Gasteiger charge is -2.28. The normalized spacial score (nSPS) is 13.0. The number of halogens is 2. The maximum absolute atomic E-state index is 14.0. The quantitative estimate of drug-likeness (QED) is 0.531. The van der Waals surface area contributed by atoms with E-state index >= 15 is 0 Å². The highest BCUT2D eigenvalue weighted by atomic mass is 19.1. The standard InChI is InChI=1S/C23H25F2NO6/c1-23(2,3)32-22(29)26-19(21(28)31-5)18(15-10-16(24)12-17(25)11-15)13-6-8-14(9-7-13)20(27)30-4/h6-12,18-19H,1-5H3,(H,26,29)/t18-,19+/m1/s1. The van der Waals surface area contributed by atoms with Gasteiger partial charge in [-0.2, -0.15) is 0 Å². The van der Waals surface area contributed by atoms with Crippen molar-refractivity contribution >= 4 is 18.0 Å². The van der Waals surface area contributed by atoms with Crippen molar-refractivity contribution in [3.05, 3.63) is 70.8 Å². The molecule has 0 radical (unpaired) electrons. The lowest BCUT2D eigenvalue weighted by molar-refractivity contribution is -0.143. The van der Waals surface area contributed by atoms with Gasteiger partial charge in [0.15, 0.2) is 0 Å². The first-order valence-electron chi connectivity index (χ1n) is 9.66. The average Bonchev–Trinajstić information content (AvgIpc) is 2.70. The van der Waals surface area contributed by atoms with Crippen molar-refractivity contribution in [1.29, 1.82) is 0 Å². The summed E-state index contributed by atoms with van der Waals surface area (Å²) in [6, 6.07) is 7.26. The zero-order valence-corrected chi connectivity index (χ0v) is 18.4. The number of rotatable bonds is 6. The van der Waals surface area contributed by atoms with Crippen LogP contribution in [0.5, 0.6) is 0 Å². The Balaban J connectivity index is 2.59.